The summed E-state index contributed by atoms with van der Waals surface area (Å²) in [4.78, 5) is 25.7. The monoisotopic (exact) mass is 245 g/mol. The van der Waals surface area contributed by atoms with Gasteiger partial charge < -0.3 is 4.90 Å². The largest absolute Gasteiger partial charge is 0.335 e. The van der Waals surface area contributed by atoms with E-state index in [0.717, 1.165) is 18.4 Å². The first-order chi connectivity index (χ1) is 8.50. The number of likely N-dealkylation sites (N-methyl/N-ethyl adjacent to an activating group) is 1. The number of hydrogen-bond acceptors (Lipinski definition) is 2. The highest BCUT2D eigenvalue weighted by Crippen LogP contribution is 2.31. The zero-order valence-electron chi connectivity index (χ0n) is 11.1. The van der Waals surface area contributed by atoms with E-state index in [1.165, 1.54) is 0 Å². The van der Waals surface area contributed by atoms with Gasteiger partial charge in [-0.2, -0.15) is 0 Å². The van der Waals surface area contributed by atoms with Crippen LogP contribution in [0.4, 0.5) is 0 Å². The molecule has 0 aromatic heterocycles. The molecule has 0 aliphatic heterocycles. The summed E-state index contributed by atoms with van der Waals surface area (Å²) in [5.74, 6) is 0.262. The standard InChI is InChI=1S/C15H19NO2/c1-10-4-6-12(7-5-10)14(17)11(2)16(3)15(18)13-8-9-13/h4-7,11,13H,8-9H2,1-3H3. The molecule has 96 valence electrons. The van der Waals surface area contributed by atoms with Gasteiger partial charge >= 0.3 is 0 Å². The number of nitrogens with zero attached hydrogens (tertiary/aromatic N) is 1. The molecular weight excluding hydrogens is 226 g/mol. The van der Waals surface area contributed by atoms with Crippen molar-refractivity contribution in [3.8, 4) is 0 Å². The van der Waals surface area contributed by atoms with Crippen molar-refractivity contribution in [2.45, 2.75) is 32.7 Å². The Morgan fingerprint density at radius 1 is 1.22 bits per heavy atom. The fourth-order valence-corrected chi connectivity index (χ4v) is 1.94. The van der Waals surface area contributed by atoms with Gasteiger partial charge in [0, 0.05) is 18.5 Å². The molecule has 3 nitrogen and oxygen atoms in total. The third-order valence-electron chi connectivity index (χ3n) is 3.57. The molecule has 1 aliphatic rings. The first-order valence-corrected chi connectivity index (χ1v) is 6.38. The lowest BCUT2D eigenvalue weighted by Crippen LogP contribution is -2.41. The van der Waals surface area contributed by atoms with Crippen molar-refractivity contribution in [1.29, 1.82) is 0 Å². The van der Waals surface area contributed by atoms with Crippen molar-refractivity contribution in [2.24, 2.45) is 5.92 Å². The van der Waals surface area contributed by atoms with Crippen molar-refractivity contribution in [1.82, 2.24) is 4.90 Å². The normalized spacial score (nSPS) is 16.2. The van der Waals surface area contributed by atoms with E-state index >= 15 is 0 Å². The first kappa shape index (κ1) is 12.8. The topological polar surface area (TPSA) is 37.4 Å². The van der Waals surface area contributed by atoms with Crippen molar-refractivity contribution < 1.29 is 9.59 Å². The van der Waals surface area contributed by atoms with Crippen molar-refractivity contribution in [2.75, 3.05) is 7.05 Å². The summed E-state index contributed by atoms with van der Waals surface area (Å²) in [6, 6.07) is 7.10. The van der Waals surface area contributed by atoms with Crippen LogP contribution in [0.25, 0.3) is 0 Å². The Hall–Kier alpha value is -1.64. The molecule has 1 saturated carbocycles. The van der Waals surface area contributed by atoms with Gasteiger partial charge in [-0.25, -0.2) is 0 Å². The van der Waals surface area contributed by atoms with Crippen LogP contribution in [0.15, 0.2) is 24.3 Å². The van der Waals surface area contributed by atoms with E-state index in [0.29, 0.717) is 5.56 Å². The zero-order valence-corrected chi connectivity index (χ0v) is 11.1. The molecule has 2 rings (SSSR count). The van der Waals surface area contributed by atoms with Crippen LogP contribution < -0.4 is 0 Å². The van der Waals surface area contributed by atoms with Crippen LogP contribution >= 0.6 is 0 Å². The van der Waals surface area contributed by atoms with Crippen molar-refractivity contribution in [3.63, 3.8) is 0 Å². The molecule has 1 aromatic carbocycles. The van der Waals surface area contributed by atoms with Gasteiger partial charge in [-0.15, -0.1) is 0 Å². The van der Waals surface area contributed by atoms with Crippen LogP contribution in [0.2, 0.25) is 0 Å². The van der Waals surface area contributed by atoms with Crippen LogP contribution in [0, 0.1) is 12.8 Å². The summed E-state index contributed by atoms with van der Waals surface area (Å²) in [6.07, 6.45) is 1.93. The number of aryl methyl sites for hydroxylation is 1. The van der Waals surface area contributed by atoms with Gasteiger partial charge in [-0.3, -0.25) is 9.59 Å². The molecule has 0 heterocycles. The Bertz CT molecular complexity index is 460. The lowest BCUT2D eigenvalue weighted by atomic mass is 10.0. The highest BCUT2D eigenvalue weighted by atomic mass is 16.2. The van der Waals surface area contributed by atoms with E-state index in [1.54, 1.807) is 18.9 Å². The molecule has 1 atom stereocenters. The first-order valence-electron chi connectivity index (χ1n) is 6.38. The Kier molecular flexibility index (Phi) is 3.50. The molecular formula is C15H19NO2. The minimum absolute atomic E-state index is 0.00602. The quantitative estimate of drug-likeness (QED) is 0.764. The highest BCUT2D eigenvalue weighted by Gasteiger charge is 2.35. The summed E-state index contributed by atoms with van der Waals surface area (Å²) in [7, 11) is 1.72. The highest BCUT2D eigenvalue weighted by molar-refractivity contribution is 6.01. The molecule has 1 aromatic rings. The van der Waals surface area contributed by atoms with Gasteiger partial charge in [0.05, 0.1) is 6.04 Å². The van der Waals surface area contributed by atoms with Crippen LogP contribution in [0.5, 0.6) is 0 Å². The molecule has 1 unspecified atom stereocenters. The maximum Gasteiger partial charge on any atom is 0.226 e. The number of Topliss-reactive ketones (excluding diaryl/α,β-unsaturated/α-hetero) is 1. The second kappa shape index (κ2) is 4.92. The molecule has 3 heteroatoms. The van der Waals surface area contributed by atoms with Crippen LogP contribution in [-0.4, -0.2) is 29.7 Å². The van der Waals surface area contributed by atoms with Gasteiger partial charge in [-0.1, -0.05) is 29.8 Å². The van der Waals surface area contributed by atoms with E-state index < -0.39 is 0 Å². The predicted octanol–water partition coefficient (Wildman–Crippen LogP) is 2.43. The summed E-state index contributed by atoms with van der Waals surface area (Å²) >= 11 is 0. The molecule has 1 fully saturated rings. The van der Waals surface area contributed by atoms with Gasteiger partial charge in [0.1, 0.15) is 0 Å². The number of amides is 1. The van der Waals surface area contributed by atoms with Gasteiger partial charge in [0.25, 0.3) is 0 Å². The second-order valence-corrected chi connectivity index (χ2v) is 5.13. The molecule has 0 N–H and O–H groups in total. The van der Waals surface area contributed by atoms with Gasteiger partial charge in [0.2, 0.25) is 5.91 Å². The molecule has 0 spiro atoms. The summed E-state index contributed by atoms with van der Waals surface area (Å²) in [6.45, 7) is 3.78. The third-order valence-corrected chi connectivity index (χ3v) is 3.57. The lowest BCUT2D eigenvalue weighted by Gasteiger charge is -2.24. The Morgan fingerprint density at radius 3 is 2.28 bits per heavy atom. The second-order valence-electron chi connectivity index (χ2n) is 5.13. The molecule has 1 amide bonds. The average molecular weight is 245 g/mol. The average Bonchev–Trinajstić information content (AvgIpc) is 3.20. The maximum absolute atomic E-state index is 12.3. The number of carbonyl (C=O) groups is 2. The smallest absolute Gasteiger partial charge is 0.226 e. The van der Waals surface area contributed by atoms with Crippen molar-refractivity contribution >= 4 is 11.7 Å². The van der Waals surface area contributed by atoms with Crippen LogP contribution in [-0.2, 0) is 4.79 Å². The SMILES string of the molecule is Cc1ccc(C(=O)C(C)N(C)C(=O)C2CC2)cc1. The predicted molar refractivity (Wildman–Crippen MR) is 70.5 cm³/mol. The Morgan fingerprint density at radius 2 is 1.78 bits per heavy atom. The third kappa shape index (κ3) is 2.61. The summed E-state index contributed by atoms with van der Waals surface area (Å²) in [5.41, 5.74) is 1.80. The Balaban J connectivity index is 2.07. The van der Waals surface area contributed by atoms with Crippen LogP contribution in [0.3, 0.4) is 0 Å². The number of hydrogen-bond donors (Lipinski definition) is 0. The molecule has 1 aliphatic carbocycles. The molecule has 0 radical (unpaired) electrons. The van der Waals surface area contributed by atoms with Gasteiger partial charge in [-0.05, 0) is 26.7 Å². The van der Waals surface area contributed by atoms with Gasteiger partial charge in [0.15, 0.2) is 5.78 Å². The van der Waals surface area contributed by atoms with Crippen LogP contribution in [0.1, 0.15) is 35.7 Å². The lowest BCUT2D eigenvalue weighted by molar-refractivity contribution is -0.132. The number of rotatable bonds is 4. The molecule has 0 saturated heterocycles. The summed E-state index contributed by atoms with van der Waals surface area (Å²) < 4.78 is 0. The minimum Gasteiger partial charge on any atom is -0.335 e. The minimum atomic E-state index is -0.388. The fraction of sp³-hybridized carbons (Fsp3) is 0.467. The fourth-order valence-electron chi connectivity index (χ4n) is 1.94. The van der Waals surface area contributed by atoms with E-state index in [-0.39, 0.29) is 23.7 Å². The van der Waals surface area contributed by atoms with Crippen molar-refractivity contribution in [3.05, 3.63) is 35.4 Å². The van der Waals surface area contributed by atoms with E-state index in [9.17, 15) is 9.59 Å². The molecule has 18 heavy (non-hydrogen) atoms. The molecule has 0 bridgehead atoms. The van der Waals surface area contributed by atoms with E-state index in [1.807, 2.05) is 31.2 Å². The Labute approximate surface area is 108 Å². The number of carbonyl (C=O) groups excluding carboxylic acids is 2. The van der Waals surface area contributed by atoms with E-state index in [2.05, 4.69) is 0 Å². The van der Waals surface area contributed by atoms with E-state index in [4.69, 9.17) is 0 Å². The number of benzene rings is 1. The zero-order chi connectivity index (χ0) is 13.3. The number of ketones is 1. The summed E-state index contributed by atoms with van der Waals surface area (Å²) in [5, 5.41) is 0. The maximum atomic E-state index is 12.3.